The maximum absolute atomic E-state index is 13.5. The molecule has 1 aliphatic rings. The molecule has 0 atom stereocenters. The first kappa shape index (κ1) is 19.0. The Morgan fingerprint density at radius 1 is 1.10 bits per heavy atom. The van der Waals surface area contributed by atoms with Crippen molar-refractivity contribution in [1.29, 1.82) is 0 Å². The van der Waals surface area contributed by atoms with E-state index in [9.17, 15) is 12.8 Å². The van der Waals surface area contributed by atoms with Gasteiger partial charge in [0.15, 0.2) is 5.03 Å². The van der Waals surface area contributed by atoms with Crippen LogP contribution in [0.2, 0.25) is 0 Å². The molecule has 0 fully saturated rings. The predicted molar refractivity (Wildman–Crippen MR) is 110 cm³/mol. The summed E-state index contributed by atoms with van der Waals surface area (Å²) in [6.45, 7) is 5.69. The van der Waals surface area contributed by atoms with E-state index in [1.54, 1.807) is 12.1 Å². The molecule has 2 aromatic carbocycles. The molecule has 0 radical (unpaired) electrons. The topological polar surface area (TPSA) is 71.4 Å². The van der Waals surface area contributed by atoms with Crippen molar-refractivity contribution in [3.05, 3.63) is 84.3 Å². The van der Waals surface area contributed by atoms with E-state index in [-0.39, 0.29) is 9.92 Å². The largest absolute Gasteiger partial charge is 0.348 e. The van der Waals surface area contributed by atoms with Crippen LogP contribution >= 0.6 is 0 Å². The third kappa shape index (κ3) is 3.82. The molecular weight excluding hydrogens is 389 g/mol. The van der Waals surface area contributed by atoms with Gasteiger partial charge in [-0.15, -0.1) is 0 Å². The molecule has 0 amide bonds. The second kappa shape index (κ2) is 7.25. The summed E-state index contributed by atoms with van der Waals surface area (Å²) in [5, 5.41) is 3.01. The molecule has 29 heavy (non-hydrogen) atoms. The summed E-state index contributed by atoms with van der Waals surface area (Å²) in [6, 6.07) is 15.4. The molecule has 7 heteroatoms. The van der Waals surface area contributed by atoms with Gasteiger partial charge in [-0.2, -0.15) is 0 Å². The van der Waals surface area contributed by atoms with Gasteiger partial charge in [0, 0.05) is 17.7 Å². The van der Waals surface area contributed by atoms with Crippen LogP contribution < -0.4 is 5.32 Å². The molecule has 1 aromatic heterocycles. The van der Waals surface area contributed by atoms with Crippen LogP contribution in [0.5, 0.6) is 0 Å². The predicted octanol–water partition coefficient (Wildman–Crippen LogP) is 4.43. The molecule has 2 heterocycles. The fraction of sp³-hybridized carbons (Fsp3) is 0.0909. The van der Waals surface area contributed by atoms with Crippen LogP contribution in [0.1, 0.15) is 12.5 Å². The number of aliphatic imine (C=N–C) groups is 1. The zero-order valence-electron chi connectivity index (χ0n) is 15.7. The fourth-order valence-corrected chi connectivity index (χ4v) is 4.40. The highest BCUT2D eigenvalue weighted by atomic mass is 32.2. The average Bonchev–Trinajstić information content (AvgIpc) is 3.08. The lowest BCUT2D eigenvalue weighted by Gasteiger charge is -2.08. The Bertz CT molecular complexity index is 1270. The van der Waals surface area contributed by atoms with Crippen LogP contribution in [0.4, 0.5) is 10.1 Å². The molecule has 0 unspecified atom stereocenters. The highest BCUT2D eigenvalue weighted by molar-refractivity contribution is 7.91. The molecule has 3 aromatic rings. The van der Waals surface area contributed by atoms with Crippen LogP contribution in [-0.4, -0.2) is 19.2 Å². The first-order valence-corrected chi connectivity index (χ1v) is 10.4. The number of benzene rings is 2. The van der Waals surface area contributed by atoms with E-state index in [2.05, 4.69) is 21.9 Å². The van der Waals surface area contributed by atoms with Crippen LogP contribution in [0.25, 0.3) is 11.3 Å². The Morgan fingerprint density at radius 2 is 1.90 bits per heavy atom. The monoisotopic (exact) mass is 407 g/mol. The van der Waals surface area contributed by atoms with E-state index >= 15 is 0 Å². The zero-order chi connectivity index (χ0) is 20.6. The first-order chi connectivity index (χ1) is 13.8. The lowest BCUT2D eigenvalue weighted by atomic mass is 10.0. The lowest BCUT2D eigenvalue weighted by Crippen LogP contribution is -2.20. The highest BCUT2D eigenvalue weighted by Gasteiger charge is 2.21. The summed E-state index contributed by atoms with van der Waals surface area (Å²) in [7, 11) is -3.92. The number of fused-ring (bicyclic) bond motifs is 1. The van der Waals surface area contributed by atoms with Crippen molar-refractivity contribution in [2.45, 2.75) is 23.3 Å². The minimum Gasteiger partial charge on any atom is -0.348 e. The fourth-order valence-electron chi connectivity index (χ4n) is 3.16. The van der Waals surface area contributed by atoms with Crippen molar-refractivity contribution < 1.29 is 12.8 Å². The van der Waals surface area contributed by atoms with E-state index in [1.807, 2.05) is 25.1 Å². The number of nitrogens with one attached hydrogen (secondary N) is 1. The normalized spacial score (nSPS) is 13.0. The number of pyridine rings is 1. The lowest BCUT2D eigenvalue weighted by molar-refractivity contribution is 0.587. The highest BCUT2D eigenvalue weighted by Crippen LogP contribution is 2.31. The molecule has 4 rings (SSSR count). The molecule has 0 spiro atoms. The van der Waals surface area contributed by atoms with Crippen LogP contribution in [-0.2, 0) is 16.3 Å². The van der Waals surface area contributed by atoms with Gasteiger partial charge in [0.25, 0.3) is 0 Å². The van der Waals surface area contributed by atoms with E-state index in [0.29, 0.717) is 12.1 Å². The number of allylic oxidation sites excluding steroid dienone is 1. The van der Waals surface area contributed by atoms with Crippen molar-refractivity contribution in [2.24, 2.45) is 4.99 Å². The molecule has 0 aliphatic carbocycles. The van der Waals surface area contributed by atoms with Gasteiger partial charge in [-0.25, -0.2) is 22.8 Å². The van der Waals surface area contributed by atoms with Gasteiger partial charge in [0.05, 0.1) is 16.3 Å². The Morgan fingerprint density at radius 3 is 2.66 bits per heavy atom. The number of nitrogens with zero attached hydrogens (tertiary/aromatic N) is 2. The maximum Gasteiger partial charge on any atom is 0.223 e. The molecule has 146 valence electrons. The summed E-state index contributed by atoms with van der Waals surface area (Å²) in [6.07, 6.45) is 0.636. The summed E-state index contributed by atoms with van der Waals surface area (Å²) in [4.78, 5) is 8.74. The second-order valence-corrected chi connectivity index (χ2v) is 8.70. The van der Waals surface area contributed by atoms with Crippen LogP contribution in [0, 0.1) is 5.82 Å². The maximum atomic E-state index is 13.5. The molecular formula is C22H18FN3O2S. The zero-order valence-corrected chi connectivity index (χ0v) is 16.5. The second-order valence-electron chi connectivity index (χ2n) is 6.81. The Balaban J connectivity index is 1.67. The van der Waals surface area contributed by atoms with Gasteiger partial charge < -0.3 is 5.32 Å². The van der Waals surface area contributed by atoms with Crippen molar-refractivity contribution >= 4 is 21.4 Å². The summed E-state index contributed by atoms with van der Waals surface area (Å²) < 4.78 is 39.2. The van der Waals surface area contributed by atoms with E-state index in [1.165, 1.54) is 24.3 Å². The number of amidine groups is 1. The third-order valence-corrected chi connectivity index (χ3v) is 6.10. The SMILES string of the molecule is C=C(C)NC1=Nc2ccc(-c3cccc(S(=O)(=O)c4cccc(F)c4)n3)cc2C1. The summed E-state index contributed by atoms with van der Waals surface area (Å²) in [5.74, 6) is 0.208. The first-order valence-electron chi connectivity index (χ1n) is 8.94. The summed E-state index contributed by atoms with van der Waals surface area (Å²) >= 11 is 0. The Kier molecular flexibility index (Phi) is 4.76. The number of hydrogen-bond acceptors (Lipinski definition) is 5. The van der Waals surface area contributed by atoms with Crippen molar-refractivity contribution in [2.75, 3.05) is 0 Å². The van der Waals surface area contributed by atoms with Gasteiger partial charge in [-0.05, 0) is 55.0 Å². The molecule has 1 N–H and O–H groups in total. The smallest absolute Gasteiger partial charge is 0.223 e. The molecule has 0 bridgehead atoms. The van der Waals surface area contributed by atoms with Gasteiger partial charge in [0.1, 0.15) is 11.7 Å². The molecule has 0 saturated heterocycles. The summed E-state index contributed by atoms with van der Waals surface area (Å²) in [5.41, 5.74) is 4.00. The number of sulfone groups is 1. The van der Waals surface area contributed by atoms with Crippen LogP contribution in [0.3, 0.4) is 0 Å². The minimum atomic E-state index is -3.92. The number of aromatic nitrogens is 1. The molecule has 5 nitrogen and oxygen atoms in total. The number of rotatable bonds is 4. The van der Waals surface area contributed by atoms with Crippen molar-refractivity contribution in [3.63, 3.8) is 0 Å². The van der Waals surface area contributed by atoms with Gasteiger partial charge in [-0.3, -0.25) is 0 Å². The van der Waals surface area contributed by atoms with Crippen LogP contribution in [0.15, 0.2) is 87.9 Å². The standard InChI is InChI=1S/C22H18FN3O2S/c1-14(2)24-21-12-16-11-15(9-10-20(16)25-21)19-7-4-8-22(26-19)29(27,28)18-6-3-5-17(23)13-18/h3-11,13H,1,12H2,2H3,(H,24,25). The van der Waals surface area contributed by atoms with E-state index in [0.717, 1.165) is 34.4 Å². The average molecular weight is 407 g/mol. The van der Waals surface area contributed by atoms with Gasteiger partial charge >= 0.3 is 0 Å². The molecule has 0 saturated carbocycles. The minimum absolute atomic E-state index is 0.123. The quantitative estimate of drug-likeness (QED) is 0.695. The van der Waals surface area contributed by atoms with Gasteiger partial charge in [0.2, 0.25) is 9.84 Å². The van der Waals surface area contributed by atoms with E-state index in [4.69, 9.17) is 0 Å². The van der Waals surface area contributed by atoms with Crippen molar-refractivity contribution in [1.82, 2.24) is 10.3 Å². The Labute approximate surface area is 168 Å². The van der Waals surface area contributed by atoms with E-state index < -0.39 is 15.7 Å². The number of halogens is 1. The number of hydrogen-bond donors (Lipinski definition) is 1. The van der Waals surface area contributed by atoms with Gasteiger partial charge in [-0.1, -0.05) is 24.8 Å². The Hall–Kier alpha value is -3.32. The molecule has 1 aliphatic heterocycles. The third-order valence-electron chi connectivity index (χ3n) is 4.45. The van der Waals surface area contributed by atoms with Crippen molar-refractivity contribution in [3.8, 4) is 11.3 Å².